The van der Waals surface area contributed by atoms with E-state index in [4.69, 9.17) is 4.74 Å². The molecule has 1 amide bonds. The number of amides is 1. The Hall–Kier alpha value is -2.63. The molecule has 0 bridgehead atoms. The molecule has 1 aromatic carbocycles. The highest BCUT2D eigenvalue weighted by Gasteiger charge is 2.27. The maximum Gasteiger partial charge on any atom is 0.254 e. The van der Waals surface area contributed by atoms with Crippen LogP contribution in [-0.4, -0.2) is 34.6 Å². The fourth-order valence-corrected chi connectivity index (χ4v) is 2.94. The predicted molar refractivity (Wildman–Crippen MR) is 92.1 cm³/mol. The number of ether oxygens (including phenoxy) is 1. The van der Waals surface area contributed by atoms with Crippen LogP contribution < -0.4 is 10.3 Å². The van der Waals surface area contributed by atoms with Gasteiger partial charge in [-0.1, -0.05) is 12.1 Å². The maximum atomic E-state index is 12.9. The number of carbonyl (C=O) groups excluding carboxylic acids is 1. The molecular weight excluding hydrogens is 323 g/mol. The third kappa shape index (κ3) is 4.07. The summed E-state index contributed by atoms with van der Waals surface area (Å²) in [7, 11) is 1.72. The van der Waals surface area contributed by atoms with E-state index >= 15 is 0 Å². The molecule has 132 valence electrons. The van der Waals surface area contributed by atoms with Crippen LogP contribution >= 0.6 is 0 Å². The highest BCUT2D eigenvalue weighted by atomic mass is 19.1. The molecule has 0 N–H and O–H groups in total. The van der Waals surface area contributed by atoms with Crippen LogP contribution in [0.5, 0.6) is 5.75 Å². The summed E-state index contributed by atoms with van der Waals surface area (Å²) in [6.07, 6.45) is 0.852. The zero-order valence-corrected chi connectivity index (χ0v) is 14.4. The van der Waals surface area contributed by atoms with Gasteiger partial charge in [-0.3, -0.25) is 9.59 Å². The number of benzene rings is 1. The van der Waals surface area contributed by atoms with Gasteiger partial charge in [0.05, 0.1) is 13.0 Å². The number of likely N-dealkylation sites (tertiary alicyclic amines) is 1. The summed E-state index contributed by atoms with van der Waals surface area (Å²) in [6, 6.07) is 9.26. The van der Waals surface area contributed by atoms with E-state index in [0.29, 0.717) is 18.8 Å². The van der Waals surface area contributed by atoms with Gasteiger partial charge in [0.1, 0.15) is 17.7 Å². The Morgan fingerprint density at radius 3 is 2.68 bits per heavy atom. The molecule has 2 heterocycles. The fourth-order valence-electron chi connectivity index (χ4n) is 2.94. The lowest BCUT2D eigenvalue weighted by atomic mass is 10.1. The number of hydrogen-bond acceptors (Lipinski definition) is 3. The molecule has 0 spiro atoms. The van der Waals surface area contributed by atoms with Crippen molar-refractivity contribution in [1.29, 1.82) is 0 Å². The Morgan fingerprint density at radius 1 is 1.28 bits per heavy atom. The zero-order valence-electron chi connectivity index (χ0n) is 14.4. The third-order valence-corrected chi connectivity index (χ3v) is 4.55. The van der Waals surface area contributed by atoms with Crippen molar-refractivity contribution in [3.63, 3.8) is 0 Å². The maximum absolute atomic E-state index is 12.9. The zero-order chi connectivity index (χ0) is 18.0. The van der Waals surface area contributed by atoms with Gasteiger partial charge < -0.3 is 14.2 Å². The van der Waals surface area contributed by atoms with Crippen molar-refractivity contribution in [1.82, 2.24) is 9.47 Å². The molecule has 1 fully saturated rings. The smallest absolute Gasteiger partial charge is 0.254 e. The minimum Gasteiger partial charge on any atom is -0.488 e. The number of carbonyl (C=O) groups is 1. The van der Waals surface area contributed by atoms with E-state index in [2.05, 4.69) is 0 Å². The molecule has 1 unspecified atom stereocenters. The summed E-state index contributed by atoms with van der Waals surface area (Å²) < 4.78 is 20.4. The average molecular weight is 344 g/mol. The molecule has 1 atom stereocenters. The van der Waals surface area contributed by atoms with Crippen LogP contribution in [0, 0.1) is 12.7 Å². The number of nitrogens with zero attached hydrogens (tertiary/aromatic N) is 2. The van der Waals surface area contributed by atoms with Crippen molar-refractivity contribution >= 4 is 5.91 Å². The van der Waals surface area contributed by atoms with Gasteiger partial charge in [-0.15, -0.1) is 0 Å². The van der Waals surface area contributed by atoms with Crippen LogP contribution in [0.1, 0.15) is 17.7 Å². The number of rotatable bonds is 4. The Balaban J connectivity index is 1.59. The van der Waals surface area contributed by atoms with Crippen molar-refractivity contribution in [3.05, 3.63) is 63.8 Å². The number of halogens is 1. The van der Waals surface area contributed by atoms with Crippen LogP contribution in [-0.2, 0) is 18.3 Å². The van der Waals surface area contributed by atoms with Crippen molar-refractivity contribution in [2.75, 3.05) is 13.1 Å². The van der Waals surface area contributed by atoms with E-state index < -0.39 is 0 Å². The largest absolute Gasteiger partial charge is 0.488 e. The Kier molecular flexibility index (Phi) is 4.88. The SMILES string of the molecule is Cc1cc(OC2CCN(C(=O)Cc3ccc(F)cc3)C2)cc(=O)n1C. The van der Waals surface area contributed by atoms with Gasteiger partial charge >= 0.3 is 0 Å². The van der Waals surface area contributed by atoms with Gasteiger partial charge in [0.2, 0.25) is 5.91 Å². The normalized spacial score (nSPS) is 16.9. The van der Waals surface area contributed by atoms with Crippen molar-refractivity contribution in [2.24, 2.45) is 7.05 Å². The van der Waals surface area contributed by atoms with Crippen molar-refractivity contribution in [3.8, 4) is 5.75 Å². The highest BCUT2D eigenvalue weighted by molar-refractivity contribution is 5.79. The number of aromatic nitrogens is 1. The first-order chi connectivity index (χ1) is 11.9. The van der Waals surface area contributed by atoms with Crippen LogP contribution in [0.2, 0.25) is 0 Å². The molecule has 0 aliphatic carbocycles. The molecule has 25 heavy (non-hydrogen) atoms. The van der Waals surface area contributed by atoms with Crippen LogP contribution in [0.3, 0.4) is 0 Å². The predicted octanol–water partition coefficient (Wildman–Crippen LogP) is 2.06. The summed E-state index contributed by atoms with van der Waals surface area (Å²) in [6.45, 7) is 2.96. The molecule has 1 aromatic heterocycles. The third-order valence-electron chi connectivity index (χ3n) is 4.55. The van der Waals surface area contributed by atoms with Crippen LogP contribution in [0.25, 0.3) is 0 Å². The van der Waals surface area contributed by atoms with Crippen molar-refractivity contribution in [2.45, 2.75) is 25.9 Å². The Labute approximate surface area is 145 Å². The first-order valence-electron chi connectivity index (χ1n) is 8.29. The van der Waals surface area contributed by atoms with Gasteiger partial charge in [0, 0.05) is 31.8 Å². The van der Waals surface area contributed by atoms with Gasteiger partial charge in [-0.2, -0.15) is 0 Å². The lowest BCUT2D eigenvalue weighted by molar-refractivity contribution is -0.129. The summed E-state index contributed by atoms with van der Waals surface area (Å²) in [4.78, 5) is 26.0. The number of hydrogen-bond donors (Lipinski definition) is 0. The lowest BCUT2D eigenvalue weighted by Crippen LogP contribution is -2.32. The fraction of sp³-hybridized carbons (Fsp3) is 0.368. The van der Waals surface area contributed by atoms with Crippen LogP contribution in [0.15, 0.2) is 41.2 Å². The van der Waals surface area contributed by atoms with E-state index in [-0.39, 0.29) is 29.8 Å². The first kappa shape index (κ1) is 17.2. The van der Waals surface area contributed by atoms with Gasteiger partial charge in [-0.25, -0.2) is 4.39 Å². The molecule has 0 saturated carbocycles. The van der Waals surface area contributed by atoms with E-state index in [1.165, 1.54) is 18.2 Å². The molecule has 5 nitrogen and oxygen atoms in total. The average Bonchev–Trinajstić information content (AvgIpc) is 3.03. The van der Waals surface area contributed by atoms with Gasteiger partial charge in [0.15, 0.2) is 0 Å². The van der Waals surface area contributed by atoms with E-state index in [1.807, 2.05) is 13.0 Å². The summed E-state index contributed by atoms with van der Waals surface area (Å²) in [5.41, 5.74) is 1.50. The first-order valence-corrected chi connectivity index (χ1v) is 8.29. The minimum atomic E-state index is -0.310. The molecule has 3 rings (SSSR count). The minimum absolute atomic E-state index is 0.00198. The summed E-state index contributed by atoms with van der Waals surface area (Å²) in [5, 5.41) is 0. The quantitative estimate of drug-likeness (QED) is 0.853. The van der Waals surface area contributed by atoms with Crippen molar-refractivity contribution < 1.29 is 13.9 Å². The Bertz CT molecular complexity index is 830. The number of aryl methyl sites for hydroxylation is 1. The van der Waals surface area contributed by atoms with E-state index in [1.54, 1.807) is 28.6 Å². The molecular formula is C19H21FN2O3. The van der Waals surface area contributed by atoms with Crippen LogP contribution in [0.4, 0.5) is 4.39 Å². The van der Waals surface area contributed by atoms with Gasteiger partial charge in [-0.05, 0) is 30.7 Å². The second-order valence-corrected chi connectivity index (χ2v) is 6.40. The molecule has 1 aliphatic heterocycles. The highest BCUT2D eigenvalue weighted by Crippen LogP contribution is 2.19. The lowest BCUT2D eigenvalue weighted by Gasteiger charge is -2.18. The van der Waals surface area contributed by atoms with Gasteiger partial charge in [0.25, 0.3) is 5.56 Å². The molecule has 6 heteroatoms. The molecule has 2 aromatic rings. The second kappa shape index (κ2) is 7.09. The van der Waals surface area contributed by atoms with E-state index in [0.717, 1.165) is 17.7 Å². The molecule has 1 saturated heterocycles. The molecule has 1 aliphatic rings. The summed E-state index contributed by atoms with van der Waals surface area (Å²) in [5.74, 6) is 0.228. The van der Waals surface area contributed by atoms with E-state index in [9.17, 15) is 14.0 Å². The second-order valence-electron chi connectivity index (χ2n) is 6.40. The monoisotopic (exact) mass is 344 g/mol. The Morgan fingerprint density at radius 2 is 2.00 bits per heavy atom. The summed E-state index contributed by atoms with van der Waals surface area (Å²) >= 11 is 0. The molecule has 0 radical (unpaired) electrons. The number of pyridine rings is 1. The standard InChI is InChI=1S/C19H21FN2O3/c1-13-9-17(11-18(23)21(13)2)25-16-7-8-22(12-16)19(24)10-14-3-5-15(20)6-4-14/h3-6,9,11,16H,7-8,10,12H2,1-2H3. The topological polar surface area (TPSA) is 51.5 Å².